The summed E-state index contributed by atoms with van der Waals surface area (Å²) in [5.41, 5.74) is 2.44. The zero-order valence-electron chi connectivity index (χ0n) is 16.5. The van der Waals surface area contributed by atoms with Gasteiger partial charge in [0.05, 0.1) is 11.9 Å². The minimum absolute atomic E-state index is 0.765. The minimum Gasteiger partial charge on any atom is -0.543 e. The van der Waals surface area contributed by atoms with Crippen LogP contribution in [0.4, 0.5) is 0 Å². The Labute approximate surface area is 167 Å². The number of aryl methyl sites for hydroxylation is 2. The number of nitrogens with zero attached hydrogens (tertiary/aromatic N) is 1. The molecule has 27 heavy (non-hydrogen) atoms. The summed E-state index contributed by atoms with van der Waals surface area (Å²) in [4.78, 5) is 20.3. The molecular weight excluding hydrogens is 370 g/mol. The van der Waals surface area contributed by atoms with E-state index in [0.29, 0.717) is 0 Å². The zero-order valence-corrected chi connectivity index (χ0v) is 17.2. The Morgan fingerprint density at radius 2 is 1.56 bits per heavy atom. The predicted octanol–water partition coefficient (Wildman–Crippen LogP) is 1.29. The van der Waals surface area contributed by atoms with Gasteiger partial charge in [-0.2, -0.15) is 0 Å². The molecule has 0 aromatic heterocycles. The van der Waals surface area contributed by atoms with Gasteiger partial charge >= 0.3 is 0 Å². The molecule has 0 amide bonds. The first-order valence-electron chi connectivity index (χ1n) is 9.23. The molecule has 0 aliphatic heterocycles. The third kappa shape index (κ3) is 12.3. The highest BCUT2D eigenvalue weighted by Gasteiger charge is 2.05. The highest BCUT2D eigenvalue weighted by atomic mass is 35.5. The number of benzene rings is 1. The van der Waals surface area contributed by atoms with Crippen molar-refractivity contribution >= 4 is 23.5 Å². The molecule has 0 aliphatic carbocycles. The van der Waals surface area contributed by atoms with Crippen molar-refractivity contribution in [1.82, 2.24) is 4.90 Å². The van der Waals surface area contributed by atoms with E-state index < -0.39 is 11.9 Å². The van der Waals surface area contributed by atoms with Crippen molar-refractivity contribution in [1.29, 1.82) is 0 Å². The van der Waals surface area contributed by atoms with E-state index in [1.807, 2.05) is 0 Å². The van der Waals surface area contributed by atoms with Crippen molar-refractivity contribution in [2.75, 3.05) is 32.1 Å². The highest BCUT2D eigenvalue weighted by molar-refractivity contribution is 6.25. The molecule has 0 saturated heterocycles. The molecule has 0 heterocycles. The van der Waals surface area contributed by atoms with Crippen LogP contribution < -0.4 is 14.9 Å². The number of carbonyl (C=O) groups excluding carboxylic acids is 2. The van der Waals surface area contributed by atoms with E-state index >= 15 is 0 Å². The lowest BCUT2D eigenvalue weighted by atomic mass is 10.1. The summed E-state index contributed by atoms with van der Waals surface area (Å²) < 4.78 is 5.99. The van der Waals surface area contributed by atoms with Crippen LogP contribution >= 0.6 is 11.6 Å². The number of likely N-dealkylation sites (N-methyl/N-ethyl adjacent to an activating group) is 1. The molecule has 0 saturated carbocycles. The SMILES string of the molecule is CCN(CCCCCCCl)CCOc1c(C)cccc1C.O=C([O-])C(=O)[O-]. The predicted molar refractivity (Wildman–Crippen MR) is 103 cm³/mol. The number of hydrogen-bond acceptors (Lipinski definition) is 6. The molecule has 0 atom stereocenters. The summed E-state index contributed by atoms with van der Waals surface area (Å²) in [5, 5.41) is 17.9. The Bertz CT molecular complexity index is 533. The quantitative estimate of drug-likeness (QED) is 0.316. The number of carboxylic acids is 2. The summed E-state index contributed by atoms with van der Waals surface area (Å²) >= 11 is 5.70. The lowest BCUT2D eigenvalue weighted by molar-refractivity contribution is -0.345. The number of carbonyl (C=O) groups is 2. The minimum atomic E-state index is -2.19. The first-order valence-corrected chi connectivity index (χ1v) is 9.76. The average Bonchev–Trinajstić information content (AvgIpc) is 2.62. The van der Waals surface area contributed by atoms with Crippen molar-refractivity contribution in [3.8, 4) is 5.75 Å². The number of hydrogen-bond donors (Lipinski definition) is 0. The maximum Gasteiger partial charge on any atom is 0.125 e. The number of ether oxygens (including phenoxy) is 1. The number of aliphatic carboxylic acids is 2. The third-order valence-corrected chi connectivity index (χ3v) is 4.30. The molecule has 1 rings (SSSR count). The molecule has 0 fully saturated rings. The maximum atomic E-state index is 8.93. The Balaban J connectivity index is 0.000000972. The lowest BCUT2D eigenvalue weighted by Crippen LogP contribution is -2.42. The fraction of sp³-hybridized carbons (Fsp3) is 0.600. The van der Waals surface area contributed by atoms with E-state index in [1.165, 1.54) is 30.4 Å². The van der Waals surface area contributed by atoms with Gasteiger partial charge in [0.2, 0.25) is 0 Å². The Kier molecular flexibility index (Phi) is 14.3. The number of rotatable bonds is 11. The normalized spacial score (nSPS) is 10.3. The van der Waals surface area contributed by atoms with Crippen molar-refractivity contribution in [2.45, 2.75) is 46.5 Å². The van der Waals surface area contributed by atoms with Crippen molar-refractivity contribution in [2.24, 2.45) is 0 Å². The Morgan fingerprint density at radius 3 is 2.04 bits per heavy atom. The molecule has 0 aliphatic rings. The van der Waals surface area contributed by atoms with Gasteiger partial charge in [0.15, 0.2) is 0 Å². The van der Waals surface area contributed by atoms with Crippen LogP contribution in [-0.4, -0.2) is 49.0 Å². The van der Waals surface area contributed by atoms with Crippen LogP contribution in [0.2, 0.25) is 0 Å². The topological polar surface area (TPSA) is 92.7 Å². The Hall–Kier alpha value is -1.79. The summed E-state index contributed by atoms with van der Waals surface area (Å²) in [7, 11) is 0. The van der Waals surface area contributed by atoms with Gasteiger partial charge in [0, 0.05) is 12.4 Å². The molecule has 154 valence electrons. The van der Waals surface area contributed by atoms with Crippen LogP contribution in [-0.2, 0) is 9.59 Å². The van der Waals surface area contributed by atoms with Crippen molar-refractivity contribution in [3.05, 3.63) is 29.3 Å². The molecule has 0 N–H and O–H groups in total. The molecule has 0 spiro atoms. The van der Waals surface area contributed by atoms with E-state index in [0.717, 1.165) is 44.3 Å². The molecule has 1 aromatic rings. The summed E-state index contributed by atoms with van der Waals surface area (Å²) in [6.07, 6.45) is 4.93. The van der Waals surface area contributed by atoms with E-state index in [9.17, 15) is 0 Å². The van der Waals surface area contributed by atoms with Gasteiger partial charge in [-0.3, -0.25) is 0 Å². The van der Waals surface area contributed by atoms with Crippen LogP contribution in [0.25, 0.3) is 0 Å². The first-order chi connectivity index (χ1) is 12.8. The van der Waals surface area contributed by atoms with Crippen LogP contribution in [0.5, 0.6) is 5.75 Å². The van der Waals surface area contributed by atoms with E-state index in [4.69, 9.17) is 36.1 Å². The van der Waals surface area contributed by atoms with E-state index in [2.05, 4.69) is 43.9 Å². The third-order valence-electron chi connectivity index (χ3n) is 4.03. The highest BCUT2D eigenvalue weighted by Crippen LogP contribution is 2.22. The molecular formula is C20H30ClNO5-2. The van der Waals surface area contributed by atoms with Crippen LogP contribution in [0.1, 0.15) is 43.7 Å². The van der Waals surface area contributed by atoms with E-state index in [1.54, 1.807) is 0 Å². The van der Waals surface area contributed by atoms with Gasteiger partial charge in [-0.05, 0) is 50.9 Å². The molecule has 0 bridgehead atoms. The molecule has 0 unspecified atom stereocenters. The van der Waals surface area contributed by atoms with Crippen LogP contribution in [0.3, 0.4) is 0 Å². The second-order valence-electron chi connectivity index (χ2n) is 6.18. The second-order valence-corrected chi connectivity index (χ2v) is 6.56. The van der Waals surface area contributed by atoms with Gasteiger partial charge in [-0.15, -0.1) is 11.6 Å². The molecule has 6 nitrogen and oxygen atoms in total. The van der Waals surface area contributed by atoms with Gasteiger partial charge < -0.3 is 29.4 Å². The lowest BCUT2D eigenvalue weighted by Gasteiger charge is -2.21. The van der Waals surface area contributed by atoms with Gasteiger partial charge in [-0.25, -0.2) is 0 Å². The summed E-state index contributed by atoms with van der Waals surface area (Å²) in [6, 6.07) is 6.30. The number of alkyl halides is 1. The Morgan fingerprint density at radius 1 is 1.00 bits per heavy atom. The number of halogens is 1. The van der Waals surface area contributed by atoms with Gasteiger partial charge in [0.1, 0.15) is 12.4 Å². The fourth-order valence-corrected chi connectivity index (χ4v) is 2.70. The number of para-hydroxylation sites is 1. The van der Waals surface area contributed by atoms with E-state index in [-0.39, 0.29) is 0 Å². The first kappa shape index (κ1) is 25.2. The monoisotopic (exact) mass is 399 g/mol. The summed E-state index contributed by atoms with van der Waals surface area (Å²) in [6.45, 7) is 10.5. The average molecular weight is 400 g/mol. The summed E-state index contributed by atoms with van der Waals surface area (Å²) in [5.74, 6) is -2.53. The second kappa shape index (κ2) is 15.3. The molecule has 0 radical (unpaired) electrons. The largest absolute Gasteiger partial charge is 0.543 e. The molecule has 7 heteroatoms. The fourth-order valence-electron chi connectivity index (χ4n) is 2.52. The van der Waals surface area contributed by atoms with Gasteiger partial charge in [-0.1, -0.05) is 38.0 Å². The smallest absolute Gasteiger partial charge is 0.125 e. The van der Waals surface area contributed by atoms with Gasteiger partial charge in [0.25, 0.3) is 0 Å². The molecule has 1 aromatic carbocycles. The number of unbranched alkanes of at least 4 members (excludes halogenated alkanes) is 3. The number of carboxylic acid groups (broad SMARTS) is 2. The zero-order chi connectivity index (χ0) is 20.7. The van der Waals surface area contributed by atoms with Crippen LogP contribution in [0, 0.1) is 13.8 Å². The van der Waals surface area contributed by atoms with Crippen molar-refractivity contribution < 1.29 is 24.5 Å². The maximum absolute atomic E-state index is 8.93. The standard InChI is InChI=1S/C18H30ClNO.C2H2O4/c1-4-20(13-8-6-5-7-12-19)14-15-21-18-16(2)10-9-11-17(18)3;3-1(4)2(5)6/h9-11H,4-8,12-15H2,1-3H3;(H,3,4)(H,5,6)/p-2. The van der Waals surface area contributed by atoms with Crippen molar-refractivity contribution in [3.63, 3.8) is 0 Å². The van der Waals surface area contributed by atoms with Crippen LogP contribution in [0.15, 0.2) is 18.2 Å².